The summed E-state index contributed by atoms with van der Waals surface area (Å²) in [6.45, 7) is 3.58. The lowest BCUT2D eigenvalue weighted by Crippen LogP contribution is -2.54. The fraction of sp³-hybridized carbons (Fsp3) is 0.267. The standard InChI is InChI=1S/C30H26F2N6O/c1-3-24-18-37(29-25(17-34)30(39)36(2)26-13-12-23(16-33)35-27(26)29)14-15-38(24)28(19-4-8-21(31)9-5-19)20-6-10-22(32)11-7-20/h4-13,24,28H,3,14-15,18H2,1-2H3. The lowest BCUT2D eigenvalue weighted by Gasteiger charge is -2.46. The SMILES string of the molecule is CCC1CN(c2c(C#N)c(=O)n(C)c3ccc(C#N)nc23)CCN1C(c1ccc(F)cc1)c1ccc(F)cc1. The lowest BCUT2D eigenvalue weighted by molar-refractivity contribution is 0.135. The Balaban J connectivity index is 1.59. The molecule has 0 spiro atoms. The average molecular weight is 525 g/mol. The van der Waals surface area contributed by atoms with Crippen molar-refractivity contribution in [3.05, 3.63) is 105 Å². The van der Waals surface area contributed by atoms with Crippen molar-refractivity contribution < 1.29 is 8.78 Å². The Bertz CT molecular complexity index is 1620. The maximum Gasteiger partial charge on any atom is 0.270 e. The molecule has 0 amide bonds. The van der Waals surface area contributed by atoms with E-state index < -0.39 is 5.56 Å². The zero-order valence-electron chi connectivity index (χ0n) is 21.6. The maximum absolute atomic E-state index is 13.8. The predicted octanol–water partition coefficient (Wildman–Crippen LogP) is 4.65. The van der Waals surface area contributed by atoms with Crippen molar-refractivity contribution in [1.82, 2.24) is 14.5 Å². The van der Waals surface area contributed by atoms with Crippen LogP contribution in [-0.4, -0.2) is 40.1 Å². The number of halogens is 2. The first-order chi connectivity index (χ1) is 18.9. The van der Waals surface area contributed by atoms with E-state index in [9.17, 15) is 24.1 Å². The fourth-order valence-corrected chi connectivity index (χ4v) is 5.51. The third-order valence-corrected chi connectivity index (χ3v) is 7.46. The number of rotatable bonds is 5. The summed E-state index contributed by atoms with van der Waals surface area (Å²) in [5.41, 5.74) is 2.94. The number of piperazine rings is 1. The van der Waals surface area contributed by atoms with E-state index in [-0.39, 0.29) is 35.0 Å². The highest BCUT2D eigenvalue weighted by atomic mass is 19.1. The molecule has 39 heavy (non-hydrogen) atoms. The van der Waals surface area contributed by atoms with Crippen LogP contribution in [0.2, 0.25) is 0 Å². The van der Waals surface area contributed by atoms with Gasteiger partial charge in [0.05, 0.1) is 17.2 Å². The number of hydrogen-bond donors (Lipinski definition) is 0. The number of anilines is 1. The van der Waals surface area contributed by atoms with Gasteiger partial charge in [-0.15, -0.1) is 0 Å². The third kappa shape index (κ3) is 4.73. The molecule has 2 aromatic carbocycles. The first-order valence-corrected chi connectivity index (χ1v) is 12.7. The minimum atomic E-state index is -0.419. The number of aryl methyl sites for hydroxylation is 1. The minimum Gasteiger partial charge on any atom is -0.366 e. The van der Waals surface area contributed by atoms with Gasteiger partial charge in [-0.3, -0.25) is 9.69 Å². The van der Waals surface area contributed by atoms with Gasteiger partial charge in [-0.1, -0.05) is 31.2 Å². The van der Waals surface area contributed by atoms with E-state index in [4.69, 9.17) is 0 Å². The molecule has 0 aliphatic carbocycles. The molecule has 7 nitrogen and oxygen atoms in total. The van der Waals surface area contributed by atoms with E-state index in [1.54, 1.807) is 43.4 Å². The summed E-state index contributed by atoms with van der Waals surface area (Å²) in [6.07, 6.45) is 0.747. The number of fused-ring (bicyclic) bond motifs is 1. The Labute approximate surface area is 224 Å². The van der Waals surface area contributed by atoms with Crippen LogP contribution in [0.5, 0.6) is 0 Å². The first-order valence-electron chi connectivity index (χ1n) is 12.7. The maximum atomic E-state index is 13.8. The van der Waals surface area contributed by atoms with Gasteiger partial charge in [0.15, 0.2) is 0 Å². The van der Waals surface area contributed by atoms with E-state index in [2.05, 4.69) is 22.9 Å². The molecule has 1 atom stereocenters. The molecule has 4 aromatic rings. The highest BCUT2D eigenvalue weighted by Gasteiger charge is 2.35. The molecule has 5 rings (SSSR count). The topological polar surface area (TPSA) is 88.9 Å². The quantitative estimate of drug-likeness (QED) is 0.378. The van der Waals surface area contributed by atoms with Crippen LogP contribution in [0.15, 0.2) is 65.5 Å². The molecule has 0 radical (unpaired) electrons. The largest absolute Gasteiger partial charge is 0.366 e. The van der Waals surface area contributed by atoms with Crippen molar-refractivity contribution in [3.63, 3.8) is 0 Å². The van der Waals surface area contributed by atoms with Crippen molar-refractivity contribution in [2.45, 2.75) is 25.4 Å². The van der Waals surface area contributed by atoms with Gasteiger partial charge in [0, 0.05) is 32.7 Å². The summed E-state index contributed by atoms with van der Waals surface area (Å²) in [5, 5.41) is 19.5. The Morgan fingerprint density at radius 2 is 1.56 bits per heavy atom. The molecule has 1 saturated heterocycles. The number of hydrogen-bond acceptors (Lipinski definition) is 6. The Morgan fingerprint density at radius 3 is 2.10 bits per heavy atom. The minimum absolute atomic E-state index is 0.00971. The summed E-state index contributed by atoms with van der Waals surface area (Å²) in [7, 11) is 1.59. The normalized spacial score (nSPS) is 15.9. The van der Waals surface area contributed by atoms with Crippen LogP contribution < -0.4 is 10.5 Å². The highest BCUT2D eigenvalue weighted by molar-refractivity contribution is 5.92. The third-order valence-electron chi connectivity index (χ3n) is 7.46. The lowest BCUT2D eigenvalue weighted by atomic mass is 9.93. The summed E-state index contributed by atoms with van der Waals surface area (Å²) in [6, 6.07) is 19.8. The summed E-state index contributed by atoms with van der Waals surface area (Å²) >= 11 is 0. The van der Waals surface area contributed by atoms with Crippen LogP contribution in [0.4, 0.5) is 14.5 Å². The van der Waals surface area contributed by atoms with Crippen molar-refractivity contribution in [2.75, 3.05) is 24.5 Å². The molecule has 0 bridgehead atoms. The predicted molar refractivity (Wildman–Crippen MR) is 144 cm³/mol. The number of pyridine rings is 2. The zero-order valence-corrected chi connectivity index (χ0v) is 21.6. The van der Waals surface area contributed by atoms with Crippen LogP contribution in [0, 0.1) is 34.3 Å². The molecule has 1 aliphatic rings. The molecule has 2 aromatic heterocycles. The molecular formula is C30H26F2N6O. The number of nitrogens with zero attached hydrogens (tertiary/aromatic N) is 6. The van der Waals surface area contributed by atoms with Gasteiger partial charge >= 0.3 is 0 Å². The van der Waals surface area contributed by atoms with Crippen LogP contribution in [0.1, 0.15) is 41.8 Å². The monoisotopic (exact) mass is 524 g/mol. The Hall–Kier alpha value is -4.60. The van der Waals surface area contributed by atoms with E-state index in [1.165, 1.54) is 28.8 Å². The molecule has 1 aliphatic heterocycles. The van der Waals surface area contributed by atoms with Gasteiger partial charge in [-0.25, -0.2) is 13.8 Å². The van der Waals surface area contributed by atoms with Gasteiger partial charge in [-0.05, 0) is 53.9 Å². The molecule has 1 fully saturated rings. The highest BCUT2D eigenvalue weighted by Crippen LogP contribution is 2.36. The molecule has 9 heteroatoms. The first kappa shape index (κ1) is 26.0. The van der Waals surface area contributed by atoms with Gasteiger partial charge in [0.2, 0.25) is 0 Å². The van der Waals surface area contributed by atoms with E-state index in [0.29, 0.717) is 36.4 Å². The second-order valence-electron chi connectivity index (χ2n) is 9.63. The van der Waals surface area contributed by atoms with Crippen molar-refractivity contribution in [1.29, 1.82) is 10.5 Å². The van der Waals surface area contributed by atoms with E-state index >= 15 is 0 Å². The number of nitriles is 2. The van der Waals surface area contributed by atoms with Crippen LogP contribution in [-0.2, 0) is 7.05 Å². The van der Waals surface area contributed by atoms with E-state index in [1.807, 2.05) is 11.0 Å². The molecular weight excluding hydrogens is 498 g/mol. The fourth-order valence-electron chi connectivity index (χ4n) is 5.51. The van der Waals surface area contributed by atoms with Crippen molar-refractivity contribution >= 4 is 16.7 Å². The second-order valence-corrected chi connectivity index (χ2v) is 9.63. The molecule has 3 heterocycles. The second kappa shape index (κ2) is 10.6. The summed E-state index contributed by atoms with van der Waals surface area (Å²) in [4.78, 5) is 21.9. The average Bonchev–Trinajstić information content (AvgIpc) is 2.96. The smallest absolute Gasteiger partial charge is 0.270 e. The zero-order chi connectivity index (χ0) is 27.7. The molecule has 0 saturated carbocycles. The van der Waals surface area contributed by atoms with Gasteiger partial charge in [0.1, 0.15) is 40.5 Å². The Morgan fingerprint density at radius 1 is 0.949 bits per heavy atom. The summed E-state index contributed by atoms with van der Waals surface area (Å²) < 4.78 is 29.0. The molecule has 196 valence electrons. The van der Waals surface area contributed by atoms with Gasteiger partial charge in [0.25, 0.3) is 5.56 Å². The van der Waals surface area contributed by atoms with Gasteiger partial charge < -0.3 is 9.47 Å². The molecule has 1 unspecified atom stereocenters. The van der Waals surface area contributed by atoms with E-state index in [0.717, 1.165) is 17.5 Å². The Kier molecular flexibility index (Phi) is 7.10. The van der Waals surface area contributed by atoms with Gasteiger partial charge in [-0.2, -0.15) is 10.5 Å². The van der Waals surface area contributed by atoms with Crippen LogP contribution >= 0.6 is 0 Å². The van der Waals surface area contributed by atoms with Crippen LogP contribution in [0.25, 0.3) is 11.0 Å². The van der Waals surface area contributed by atoms with Crippen LogP contribution in [0.3, 0.4) is 0 Å². The van der Waals surface area contributed by atoms with Crippen molar-refractivity contribution in [2.24, 2.45) is 7.05 Å². The summed E-state index contributed by atoms with van der Waals surface area (Å²) in [5.74, 6) is -0.668. The number of aromatic nitrogens is 2. The molecule has 0 N–H and O–H groups in total. The van der Waals surface area contributed by atoms with Crippen molar-refractivity contribution in [3.8, 4) is 12.1 Å². The number of benzene rings is 2.